The first kappa shape index (κ1) is 19.8. The van der Waals surface area contributed by atoms with Crippen LogP contribution >= 0.6 is 0 Å². The molecule has 3 rings (SSSR count). The van der Waals surface area contributed by atoms with E-state index >= 15 is 0 Å². The van der Waals surface area contributed by atoms with Crippen molar-refractivity contribution in [2.75, 3.05) is 13.1 Å². The molecule has 3 heterocycles. The summed E-state index contributed by atoms with van der Waals surface area (Å²) < 4.78 is 0. The summed E-state index contributed by atoms with van der Waals surface area (Å²) in [6.45, 7) is 12.6. The van der Waals surface area contributed by atoms with E-state index in [1.54, 1.807) is 0 Å². The van der Waals surface area contributed by atoms with Gasteiger partial charge in [-0.2, -0.15) is 0 Å². The van der Waals surface area contributed by atoms with E-state index in [1.165, 1.54) is 11.3 Å². The second-order valence-corrected chi connectivity index (χ2v) is 8.87. The third-order valence-electron chi connectivity index (χ3n) is 5.73. The lowest BCUT2D eigenvalue weighted by molar-refractivity contribution is 0.452. The molecule has 0 radical (unpaired) electrons. The van der Waals surface area contributed by atoms with Crippen molar-refractivity contribution >= 4 is 11.4 Å². The Balaban J connectivity index is 1.90. The van der Waals surface area contributed by atoms with Crippen LogP contribution in [-0.2, 0) is 0 Å². The largest absolute Gasteiger partial charge is 0.328 e. The fourth-order valence-electron chi connectivity index (χ4n) is 4.37. The van der Waals surface area contributed by atoms with E-state index in [-0.39, 0.29) is 17.4 Å². The summed E-state index contributed by atoms with van der Waals surface area (Å²) >= 11 is 0. The molecule has 0 saturated heterocycles. The fraction of sp³-hybridized carbons (Fsp3) is 0.609. The molecule has 4 atom stereocenters. The Hall–Kier alpha value is -1.99. The van der Waals surface area contributed by atoms with Crippen molar-refractivity contribution in [2.45, 2.75) is 65.3 Å². The third-order valence-corrected chi connectivity index (χ3v) is 5.73. The molecule has 1 aromatic heterocycles. The van der Waals surface area contributed by atoms with Gasteiger partial charge in [0, 0.05) is 54.7 Å². The van der Waals surface area contributed by atoms with Crippen molar-refractivity contribution < 1.29 is 0 Å². The summed E-state index contributed by atoms with van der Waals surface area (Å²) in [4.78, 5) is 14.2. The van der Waals surface area contributed by atoms with E-state index < -0.39 is 0 Å². The number of hydrogen-bond donors (Lipinski definition) is 1. The highest BCUT2D eigenvalue weighted by molar-refractivity contribution is 5.93. The number of pyridine rings is 1. The SMILES string of the molecule is CC1=NC(CN)CC#CC1c1cncc(C2CCN=C(C(C)(C)C)[C@@H]2C)c1. The Labute approximate surface area is 163 Å². The van der Waals surface area contributed by atoms with E-state index in [2.05, 4.69) is 57.5 Å². The van der Waals surface area contributed by atoms with Crippen LogP contribution in [0.15, 0.2) is 28.4 Å². The Kier molecular flexibility index (Phi) is 5.81. The molecule has 0 bridgehead atoms. The van der Waals surface area contributed by atoms with E-state index in [0.717, 1.165) is 30.7 Å². The lowest BCUT2D eigenvalue weighted by Crippen LogP contribution is -2.34. The van der Waals surface area contributed by atoms with E-state index in [0.29, 0.717) is 18.4 Å². The zero-order valence-corrected chi connectivity index (χ0v) is 17.3. The average Bonchev–Trinajstić information content (AvgIpc) is 2.82. The highest BCUT2D eigenvalue weighted by Gasteiger charge is 2.33. The van der Waals surface area contributed by atoms with Crippen molar-refractivity contribution in [1.82, 2.24) is 4.98 Å². The lowest BCUT2D eigenvalue weighted by atomic mass is 9.72. The molecule has 0 fully saturated rings. The maximum Gasteiger partial charge on any atom is 0.0842 e. The van der Waals surface area contributed by atoms with Crippen LogP contribution in [0.2, 0.25) is 0 Å². The van der Waals surface area contributed by atoms with E-state index in [1.807, 2.05) is 12.4 Å². The minimum Gasteiger partial charge on any atom is -0.328 e. The van der Waals surface area contributed by atoms with Gasteiger partial charge >= 0.3 is 0 Å². The van der Waals surface area contributed by atoms with Gasteiger partial charge in [0.25, 0.3) is 0 Å². The minimum atomic E-state index is 0.0173. The predicted molar refractivity (Wildman–Crippen MR) is 114 cm³/mol. The molecule has 1 aromatic rings. The summed E-state index contributed by atoms with van der Waals surface area (Å²) in [7, 11) is 0. The van der Waals surface area contributed by atoms with Gasteiger partial charge in [0.15, 0.2) is 0 Å². The topological polar surface area (TPSA) is 63.6 Å². The van der Waals surface area contributed by atoms with E-state index in [4.69, 9.17) is 15.7 Å². The number of aliphatic imine (C=N–C) groups is 2. The van der Waals surface area contributed by atoms with Crippen LogP contribution < -0.4 is 5.73 Å². The summed E-state index contributed by atoms with van der Waals surface area (Å²) in [6, 6.07) is 2.41. The summed E-state index contributed by atoms with van der Waals surface area (Å²) in [5, 5.41) is 0. The van der Waals surface area contributed by atoms with Crippen LogP contribution in [0.4, 0.5) is 0 Å². The van der Waals surface area contributed by atoms with Gasteiger partial charge in [-0.15, -0.1) is 0 Å². The lowest BCUT2D eigenvalue weighted by Gasteiger charge is -2.36. The molecule has 2 aliphatic heterocycles. The molecule has 2 aliphatic rings. The van der Waals surface area contributed by atoms with Gasteiger partial charge < -0.3 is 5.73 Å². The highest BCUT2D eigenvalue weighted by atomic mass is 14.8. The molecule has 3 unspecified atom stereocenters. The molecule has 0 amide bonds. The zero-order chi connectivity index (χ0) is 19.6. The van der Waals surface area contributed by atoms with Crippen LogP contribution in [0.5, 0.6) is 0 Å². The monoisotopic (exact) mass is 364 g/mol. The molecular weight excluding hydrogens is 332 g/mol. The Morgan fingerprint density at radius 3 is 2.67 bits per heavy atom. The predicted octanol–water partition coefficient (Wildman–Crippen LogP) is 3.97. The highest BCUT2D eigenvalue weighted by Crippen LogP contribution is 2.38. The quantitative estimate of drug-likeness (QED) is 0.825. The van der Waals surface area contributed by atoms with Gasteiger partial charge in [0.05, 0.1) is 12.0 Å². The number of nitrogens with zero attached hydrogens (tertiary/aromatic N) is 3. The van der Waals surface area contributed by atoms with Crippen molar-refractivity contribution in [3.63, 3.8) is 0 Å². The first-order valence-electron chi connectivity index (χ1n) is 10.0. The second-order valence-electron chi connectivity index (χ2n) is 8.87. The number of nitrogens with two attached hydrogens (primary N) is 1. The van der Waals surface area contributed by atoms with Gasteiger partial charge in [-0.3, -0.25) is 15.0 Å². The van der Waals surface area contributed by atoms with Crippen molar-refractivity contribution in [1.29, 1.82) is 0 Å². The molecule has 0 saturated carbocycles. The molecule has 2 N–H and O–H groups in total. The van der Waals surface area contributed by atoms with Crippen molar-refractivity contribution in [3.8, 4) is 11.8 Å². The Morgan fingerprint density at radius 1 is 1.22 bits per heavy atom. The van der Waals surface area contributed by atoms with Crippen LogP contribution in [0.3, 0.4) is 0 Å². The standard InChI is InChI=1S/C23H32N4/c1-15-20(9-10-26-22(15)23(3,4)5)17-11-18(14-25-13-17)21-8-6-7-19(12-24)27-16(21)2/h11,13-15,19-21H,7,9-10,12,24H2,1-5H3/t15-,19?,20?,21?/m1/s1. The van der Waals surface area contributed by atoms with E-state index in [9.17, 15) is 0 Å². The fourth-order valence-corrected chi connectivity index (χ4v) is 4.37. The first-order valence-corrected chi connectivity index (χ1v) is 10.0. The maximum atomic E-state index is 5.81. The zero-order valence-electron chi connectivity index (χ0n) is 17.3. The summed E-state index contributed by atoms with van der Waals surface area (Å²) in [5.41, 5.74) is 10.7. The molecule has 0 spiro atoms. The Morgan fingerprint density at radius 2 is 1.96 bits per heavy atom. The Bertz CT molecular complexity index is 804. The summed E-state index contributed by atoms with van der Waals surface area (Å²) in [6.07, 6.45) is 5.78. The van der Waals surface area contributed by atoms with Crippen LogP contribution in [-0.4, -0.2) is 35.5 Å². The van der Waals surface area contributed by atoms with Crippen LogP contribution in [0.1, 0.15) is 70.4 Å². The molecular formula is C23H32N4. The normalized spacial score (nSPS) is 28.5. The molecule has 4 nitrogen and oxygen atoms in total. The van der Waals surface area contributed by atoms with Gasteiger partial charge in [0.1, 0.15) is 0 Å². The average molecular weight is 365 g/mol. The maximum absolute atomic E-state index is 5.81. The molecule has 0 aromatic carbocycles. The van der Waals surface area contributed by atoms with Crippen molar-refractivity contribution in [3.05, 3.63) is 29.6 Å². The van der Waals surface area contributed by atoms with Crippen LogP contribution in [0.25, 0.3) is 0 Å². The molecule has 4 heteroatoms. The van der Waals surface area contributed by atoms with Gasteiger partial charge in [-0.25, -0.2) is 0 Å². The molecule has 0 aliphatic carbocycles. The number of rotatable bonds is 3. The number of hydrogen-bond acceptors (Lipinski definition) is 4. The van der Waals surface area contributed by atoms with Gasteiger partial charge in [-0.1, -0.05) is 45.6 Å². The minimum absolute atomic E-state index is 0.0173. The molecule has 144 valence electrons. The number of aromatic nitrogens is 1. The molecule has 27 heavy (non-hydrogen) atoms. The first-order chi connectivity index (χ1) is 12.8. The van der Waals surface area contributed by atoms with Gasteiger partial charge in [-0.05, 0) is 30.4 Å². The van der Waals surface area contributed by atoms with Gasteiger partial charge in [0.2, 0.25) is 0 Å². The van der Waals surface area contributed by atoms with Crippen LogP contribution in [0, 0.1) is 23.2 Å². The van der Waals surface area contributed by atoms with Crippen molar-refractivity contribution in [2.24, 2.45) is 27.1 Å². The smallest absolute Gasteiger partial charge is 0.0842 e. The summed E-state index contributed by atoms with van der Waals surface area (Å²) in [5.74, 6) is 7.55. The third kappa shape index (κ3) is 4.30. The second kappa shape index (κ2) is 7.94.